The largest absolute Gasteiger partial charge is 0.467 e. The van der Waals surface area contributed by atoms with Crippen molar-refractivity contribution < 1.29 is 14.0 Å². The van der Waals surface area contributed by atoms with Crippen LogP contribution in [0.4, 0.5) is 0 Å². The smallest absolute Gasteiger partial charge is 0.350 e. The number of aromatic nitrogens is 3. The summed E-state index contributed by atoms with van der Waals surface area (Å²) in [5.74, 6) is -0.221. The topological polar surface area (TPSA) is 111 Å². The number of pyridine rings is 1. The fourth-order valence-electron chi connectivity index (χ4n) is 2.10. The van der Waals surface area contributed by atoms with E-state index in [4.69, 9.17) is 4.42 Å². The van der Waals surface area contributed by atoms with Crippen molar-refractivity contribution in [1.82, 2.24) is 24.8 Å². The highest BCUT2D eigenvalue weighted by molar-refractivity contribution is 5.84. The molecule has 3 aromatic heterocycles. The van der Waals surface area contributed by atoms with E-state index in [0.717, 1.165) is 4.68 Å². The van der Waals surface area contributed by atoms with Crippen LogP contribution in [0.5, 0.6) is 0 Å². The van der Waals surface area contributed by atoms with Gasteiger partial charge in [-0.1, -0.05) is 6.07 Å². The number of hydrogen-bond donors (Lipinski definition) is 2. The Labute approximate surface area is 135 Å². The second-order valence-corrected chi connectivity index (χ2v) is 5.00. The lowest BCUT2D eigenvalue weighted by Gasteiger charge is -2.05. The van der Waals surface area contributed by atoms with Gasteiger partial charge in [-0.05, 0) is 24.3 Å². The van der Waals surface area contributed by atoms with Gasteiger partial charge < -0.3 is 15.1 Å². The van der Waals surface area contributed by atoms with Crippen LogP contribution in [-0.2, 0) is 22.7 Å². The molecule has 2 N–H and O–H groups in total. The molecule has 3 aromatic rings. The molecule has 0 saturated heterocycles. The number of rotatable bonds is 6. The highest BCUT2D eigenvalue weighted by Gasteiger charge is 2.11. The molecular weight excluding hydrogens is 314 g/mol. The first-order chi connectivity index (χ1) is 11.6. The number of furan rings is 1. The SMILES string of the molecule is O=C(CNC(=O)Cn1nc2ccccn2c1=O)NCc1ccco1. The van der Waals surface area contributed by atoms with Crippen molar-refractivity contribution in [2.24, 2.45) is 0 Å². The van der Waals surface area contributed by atoms with E-state index in [1.54, 1.807) is 36.5 Å². The quantitative estimate of drug-likeness (QED) is 0.635. The van der Waals surface area contributed by atoms with Crippen LogP contribution < -0.4 is 16.3 Å². The van der Waals surface area contributed by atoms with Crippen molar-refractivity contribution in [2.75, 3.05) is 6.54 Å². The minimum absolute atomic E-state index is 0.193. The number of hydrogen-bond acceptors (Lipinski definition) is 5. The Morgan fingerprint density at radius 3 is 2.75 bits per heavy atom. The summed E-state index contributed by atoms with van der Waals surface area (Å²) in [4.78, 5) is 35.5. The lowest BCUT2D eigenvalue weighted by molar-refractivity contribution is -0.126. The first kappa shape index (κ1) is 15.5. The molecular formula is C15H15N5O4. The van der Waals surface area contributed by atoms with E-state index in [1.165, 1.54) is 10.7 Å². The monoisotopic (exact) mass is 329 g/mol. The summed E-state index contributed by atoms with van der Waals surface area (Å²) in [7, 11) is 0. The standard InChI is InChI=1S/C15H15N5O4/c21-13(16-8-11-4-3-7-24-11)9-17-14(22)10-20-15(23)19-6-2-1-5-12(19)18-20/h1-7H,8-10H2,(H,16,21)(H,17,22). The zero-order valence-corrected chi connectivity index (χ0v) is 12.6. The van der Waals surface area contributed by atoms with Gasteiger partial charge in [0.2, 0.25) is 11.8 Å². The van der Waals surface area contributed by atoms with Crippen molar-refractivity contribution in [3.8, 4) is 0 Å². The average molecular weight is 329 g/mol. The molecule has 0 fully saturated rings. The van der Waals surface area contributed by atoms with Crippen LogP contribution in [-0.4, -0.2) is 32.5 Å². The third kappa shape index (κ3) is 3.51. The molecule has 0 spiro atoms. The van der Waals surface area contributed by atoms with Gasteiger partial charge in [-0.2, -0.15) is 0 Å². The average Bonchev–Trinajstić information content (AvgIpc) is 3.20. The van der Waals surface area contributed by atoms with Crippen molar-refractivity contribution in [3.05, 3.63) is 59.0 Å². The molecule has 3 heterocycles. The molecule has 0 aromatic carbocycles. The van der Waals surface area contributed by atoms with Crippen LogP contribution in [0.25, 0.3) is 5.65 Å². The van der Waals surface area contributed by atoms with Gasteiger partial charge in [0.05, 0.1) is 19.4 Å². The normalized spacial score (nSPS) is 10.7. The molecule has 0 unspecified atom stereocenters. The number of carbonyl (C=O) groups is 2. The van der Waals surface area contributed by atoms with Crippen molar-refractivity contribution in [3.63, 3.8) is 0 Å². The van der Waals surface area contributed by atoms with E-state index in [1.807, 2.05) is 0 Å². The second kappa shape index (κ2) is 6.82. The van der Waals surface area contributed by atoms with Crippen molar-refractivity contribution in [1.29, 1.82) is 0 Å². The van der Waals surface area contributed by atoms with Crippen molar-refractivity contribution in [2.45, 2.75) is 13.1 Å². The van der Waals surface area contributed by atoms with Gasteiger partial charge in [-0.3, -0.25) is 14.0 Å². The van der Waals surface area contributed by atoms with Crippen LogP contribution in [0.15, 0.2) is 52.0 Å². The minimum Gasteiger partial charge on any atom is -0.467 e. The summed E-state index contributed by atoms with van der Waals surface area (Å²) in [6.45, 7) is -0.207. The molecule has 0 aliphatic rings. The van der Waals surface area contributed by atoms with E-state index < -0.39 is 11.6 Å². The maximum atomic E-state index is 12.0. The van der Waals surface area contributed by atoms with Crippen molar-refractivity contribution >= 4 is 17.5 Å². The number of fused-ring (bicyclic) bond motifs is 1. The Balaban J connectivity index is 1.50. The van der Waals surface area contributed by atoms with Gasteiger partial charge in [0, 0.05) is 6.20 Å². The van der Waals surface area contributed by atoms with Gasteiger partial charge in [0.25, 0.3) is 0 Å². The summed E-state index contributed by atoms with van der Waals surface area (Å²) >= 11 is 0. The molecule has 0 atom stereocenters. The van der Waals surface area contributed by atoms with E-state index in [0.29, 0.717) is 11.4 Å². The van der Waals surface area contributed by atoms with Gasteiger partial charge >= 0.3 is 5.69 Å². The molecule has 24 heavy (non-hydrogen) atoms. The predicted molar refractivity (Wildman–Crippen MR) is 83.0 cm³/mol. The second-order valence-electron chi connectivity index (χ2n) is 5.00. The van der Waals surface area contributed by atoms with Gasteiger partial charge in [0.15, 0.2) is 5.65 Å². The highest BCUT2D eigenvalue weighted by Crippen LogP contribution is 1.98. The fraction of sp³-hybridized carbons (Fsp3) is 0.200. The predicted octanol–water partition coefficient (Wildman–Crippen LogP) is -0.478. The molecule has 0 radical (unpaired) electrons. The maximum Gasteiger partial charge on any atom is 0.350 e. The number of nitrogens with one attached hydrogen (secondary N) is 2. The van der Waals surface area contributed by atoms with Crippen LogP contribution in [0, 0.1) is 0 Å². The van der Waals surface area contributed by atoms with E-state index in [-0.39, 0.29) is 25.5 Å². The summed E-state index contributed by atoms with van der Waals surface area (Å²) in [6.07, 6.45) is 3.08. The third-order valence-corrected chi connectivity index (χ3v) is 3.27. The molecule has 124 valence electrons. The summed E-state index contributed by atoms with van der Waals surface area (Å²) in [6, 6.07) is 8.56. The Morgan fingerprint density at radius 2 is 2.00 bits per heavy atom. The number of carbonyl (C=O) groups excluding carboxylic acids is 2. The molecule has 0 saturated carbocycles. The molecule has 9 nitrogen and oxygen atoms in total. The Morgan fingerprint density at radius 1 is 1.12 bits per heavy atom. The van der Waals surface area contributed by atoms with Crippen LogP contribution in [0.3, 0.4) is 0 Å². The summed E-state index contributed by atoms with van der Waals surface area (Å²) < 4.78 is 7.46. The van der Waals surface area contributed by atoms with Gasteiger partial charge in [-0.25, -0.2) is 9.48 Å². The van der Waals surface area contributed by atoms with E-state index in [9.17, 15) is 14.4 Å². The first-order valence-electron chi connectivity index (χ1n) is 7.23. The zero-order valence-electron chi connectivity index (χ0n) is 12.6. The van der Waals surface area contributed by atoms with Crippen LogP contribution >= 0.6 is 0 Å². The molecule has 3 rings (SSSR count). The Kier molecular flexibility index (Phi) is 4.41. The third-order valence-electron chi connectivity index (χ3n) is 3.27. The first-order valence-corrected chi connectivity index (χ1v) is 7.23. The highest BCUT2D eigenvalue weighted by atomic mass is 16.3. The van der Waals surface area contributed by atoms with E-state index in [2.05, 4.69) is 15.7 Å². The van der Waals surface area contributed by atoms with Crippen LogP contribution in [0.1, 0.15) is 5.76 Å². The molecule has 9 heteroatoms. The number of nitrogens with zero attached hydrogens (tertiary/aromatic N) is 3. The lowest BCUT2D eigenvalue weighted by atomic mass is 10.4. The van der Waals surface area contributed by atoms with Crippen LogP contribution in [0.2, 0.25) is 0 Å². The maximum absolute atomic E-state index is 12.0. The Hall–Kier alpha value is -3.36. The minimum atomic E-state index is -0.478. The zero-order chi connectivity index (χ0) is 16.9. The van der Waals surface area contributed by atoms with E-state index >= 15 is 0 Å². The molecule has 0 aliphatic carbocycles. The number of amides is 2. The Bertz CT molecular complexity index is 909. The summed E-state index contributed by atoms with van der Waals surface area (Å²) in [5, 5.41) is 9.09. The fourth-order valence-corrected chi connectivity index (χ4v) is 2.10. The molecule has 0 aliphatic heterocycles. The summed E-state index contributed by atoms with van der Waals surface area (Å²) in [5.41, 5.74) is 0.0366. The molecule has 0 bridgehead atoms. The lowest BCUT2D eigenvalue weighted by Crippen LogP contribution is -2.39. The van der Waals surface area contributed by atoms with Gasteiger partial charge in [-0.15, -0.1) is 5.10 Å². The van der Waals surface area contributed by atoms with Gasteiger partial charge in [0.1, 0.15) is 12.3 Å². The molecule has 2 amide bonds.